The minimum Gasteiger partial charge on any atom is -0.496 e. The second-order valence-corrected chi connectivity index (χ2v) is 7.57. The number of methoxy groups -OCH3 is 1. The maximum Gasteiger partial charge on any atom is 0.180 e. The Kier molecular flexibility index (Phi) is 4.79. The third-order valence-corrected chi connectivity index (χ3v) is 6.66. The van der Waals surface area contributed by atoms with Gasteiger partial charge in [0.1, 0.15) is 11.6 Å². The van der Waals surface area contributed by atoms with Crippen LogP contribution in [0.4, 0.5) is 4.39 Å². The fraction of sp³-hybridized carbons (Fsp3) is 0.500. The molecule has 104 valence electrons. The van der Waals surface area contributed by atoms with Crippen molar-refractivity contribution in [1.29, 1.82) is 0 Å². The largest absolute Gasteiger partial charge is 0.496 e. The first-order valence-electron chi connectivity index (χ1n) is 6.17. The summed E-state index contributed by atoms with van der Waals surface area (Å²) in [5, 5.41) is 0.850. The number of ketones is 1. The molecule has 2 rings (SSSR count). The number of thioether (sulfide) groups is 2. The fourth-order valence-corrected chi connectivity index (χ4v) is 4.84. The third kappa shape index (κ3) is 3.26. The first-order chi connectivity index (χ1) is 9.02. The molecule has 1 fully saturated rings. The minimum absolute atomic E-state index is 0.0346. The molecule has 1 aliphatic rings. The Balaban J connectivity index is 2.22. The Morgan fingerprint density at radius 2 is 2.11 bits per heavy atom. The zero-order valence-corrected chi connectivity index (χ0v) is 12.8. The van der Waals surface area contributed by atoms with Crippen LogP contribution in [0, 0.1) is 5.82 Å². The molecule has 1 saturated heterocycles. The van der Waals surface area contributed by atoms with Crippen molar-refractivity contribution in [2.24, 2.45) is 0 Å². The maximum atomic E-state index is 13.3. The smallest absolute Gasteiger partial charge is 0.180 e. The van der Waals surface area contributed by atoms with Crippen LogP contribution in [-0.4, -0.2) is 34.4 Å². The zero-order chi connectivity index (χ0) is 14.0. The van der Waals surface area contributed by atoms with Gasteiger partial charge in [-0.1, -0.05) is 13.8 Å². The fourth-order valence-electron chi connectivity index (χ4n) is 1.97. The molecule has 0 aromatic heterocycles. The predicted molar refractivity (Wildman–Crippen MR) is 80.0 cm³/mol. The van der Waals surface area contributed by atoms with Crippen LogP contribution in [0.2, 0.25) is 0 Å². The van der Waals surface area contributed by atoms with Gasteiger partial charge in [-0.25, -0.2) is 4.39 Å². The van der Waals surface area contributed by atoms with Crippen molar-refractivity contribution in [2.45, 2.75) is 29.6 Å². The first kappa shape index (κ1) is 14.7. The van der Waals surface area contributed by atoms with Crippen LogP contribution in [-0.2, 0) is 0 Å². The number of carbonyl (C=O) groups excluding carboxylic acids is 1. The first-order valence-corrected chi connectivity index (χ1v) is 8.17. The van der Waals surface area contributed by atoms with E-state index in [0.717, 1.165) is 5.75 Å². The maximum absolute atomic E-state index is 13.3. The average molecular weight is 300 g/mol. The average Bonchev–Trinajstić information content (AvgIpc) is 2.41. The number of carbonyl (C=O) groups is 1. The topological polar surface area (TPSA) is 26.3 Å². The van der Waals surface area contributed by atoms with Gasteiger partial charge in [-0.15, -0.1) is 11.8 Å². The van der Waals surface area contributed by atoms with E-state index in [1.807, 2.05) is 0 Å². The minimum atomic E-state index is -0.404. The molecular weight excluding hydrogens is 283 g/mol. The lowest BCUT2D eigenvalue weighted by molar-refractivity contribution is 0.0991. The highest BCUT2D eigenvalue weighted by Gasteiger charge is 2.32. The van der Waals surface area contributed by atoms with Crippen LogP contribution in [0.1, 0.15) is 24.2 Å². The summed E-state index contributed by atoms with van der Waals surface area (Å²) in [4.78, 5) is 12.5. The van der Waals surface area contributed by atoms with Gasteiger partial charge in [-0.3, -0.25) is 4.79 Å². The van der Waals surface area contributed by atoms with E-state index in [-0.39, 0.29) is 11.0 Å². The van der Waals surface area contributed by atoms with Gasteiger partial charge >= 0.3 is 0 Å². The van der Waals surface area contributed by atoms with Crippen molar-refractivity contribution in [3.8, 4) is 5.75 Å². The summed E-state index contributed by atoms with van der Waals surface area (Å²) >= 11 is 3.47. The standard InChI is InChI=1S/C14H17FO2S2/c1-8-9(2)19-13(7-18-8)14(16)11-6-10(15)4-5-12(11)17-3/h4-6,8-9,13H,7H2,1-3H3. The van der Waals surface area contributed by atoms with Gasteiger partial charge in [0.15, 0.2) is 5.78 Å². The summed E-state index contributed by atoms with van der Waals surface area (Å²) in [6, 6.07) is 4.09. The zero-order valence-electron chi connectivity index (χ0n) is 11.2. The van der Waals surface area contributed by atoms with Gasteiger partial charge in [-0.2, -0.15) is 11.8 Å². The van der Waals surface area contributed by atoms with Crippen molar-refractivity contribution >= 4 is 29.3 Å². The van der Waals surface area contributed by atoms with Gasteiger partial charge in [0, 0.05) is 16.3 Å². The Morgan fingerprint density at radius 3 is 2.74 bits per heavy atom. The number of hydrogen-bond donors (Lipinski definition) is 0. The number of rotatable bonds is 3. The molecule has 0 bridgehead atoms. The van der Waals surface area contributed by atoms with Crippen LogP contribution in [0.3, 0.4) is 0 Å². The van der Waals surface area contributed by atoms with E-state index < -0.39 is 5.82 Å². The molecular formula is C14H17FO2S2. The monoisotopic (exact) mass is 300 g/mol. The van der Waals surface area contributed by atoms with Crippen molar-refractivity contribution in [2.75, 3.05) is 12.9 Å². The lowest BCUT2D eigenvalue weighted by atomic mass is 10.1. The van der Waals surface area contributed by atoms with E-state index in [2.05, 4.69) is 13.8 Å². The summed E-state index contributed by atoms with van der Waals surface area (Å²) in [5.74, 6) is 0.782. The van der Waals surface area contributed by atoms with E-state index in [0.29, 0.717) is 21.8 Å². The van der Waals surface area contributed by atoms with E-state index in [1.54, 1.807) is 23.5 Å². The molecule has 0 aliphatic carbocycles. The van der Waals surface area contributed by atoms with Crippen LogP contribution in [0.15, 0.2) is 18.2 Å². The highest BCUT2D eigenvalue weighted by Crippen LogP contribution is 2.38. The summed E-state index contributed by atoms with van der Waals surface area (Å²) < 4.78 is 18.5. The Labute approximate surface area is 121 Å². The molecule has 0 amide bonds. The summed E-state index contributed by atoms with van der Waals surface area (Å²) in [5.41, 5.74) is 0.349. The van der Waals surface area contributed by atoms with Gasteiger partial charge < -0.3 is 4.74 Å². The van der Waals surface area contributed by atoms with Crippen LogP contribution < -0.4 is 4.74 Å². The number of benzene rings is 1. The molecule has 1 heterocycles. The highest BCUT2D eigenvalue weighted by atomic mass is 32.2. The Hall–Kier alpha value is -0.680. The van der Waals surface area contributed by atoms with E-state index in [1.165, 1.54) is 25.3 Å². The lowest BCUT2D eigenvalue weighted by Gasteiger charge is -2.30. The van der Waals surface area contributed by atoms with E-state index in [4.69, 9.17) is 4.74 Å². The second-order valence-electron chi connectivity index (χ2n) is 4.58. The molecule has 3 unspecified atom stereocenters. The number of ether oxygens (including phenoxy) is 1. The molecule has 0 spiro atoms. The van der Waals surface area contributed by atoms with Crippen molar-refractivity contribution in [3.05, 3.63) is 29.6 Å². The predicted octanol–water partition coefficient (Wildman–Crippen LogP) is 3.64. The van der Waals surface area contributed by atoms with Crippen LogP contribution >= 0.6 is 23.5 Å². The summed E-state index contributed by atoms with van der Waals surface area (Å²) in [7, 11) is 1.50. The molecule has 3 atom stereocenters. The lowest BCUT2D eigenvalue weighted by Crippen LogP contribution is -2.31. The van der Waals surface area contributed by atoms with Crippen molar-refractivity contribution in [3.63, 3.8) is 0 Å². The number of hydrogen-bond acceptors (Lipinski definition) is 4. The Morgan fingerprint density at radius 1 is 1.37 bits per heavy atom. The third-order valence-electron chi connectivity index (χ3n) is 3.27. The summed E-state index contributed by atoms with van der Waals surface area (Å²) in [6.07, 6.45) is 0. The SMILES string of the molecule is COc1ccc(F)cc1C(=O)C1CSC(C)C(C)S1. The molecule has 5 heteroatoms. The van der Waals surface area contributed by atoms with Gasteiger partial charge in [-0.05, 0) is 18.2 Å². The quantitative estimate of drug-likeness (QED) is 0.796. The highest BCUT2D eigenvalue weighted by molar-refractivity contribution is 8.08. The Bertz CT molecular complexity index is 479. The molecule has 0 radical (unpaired) electrons. The van der Waals surface area contributed by atoms with Gasteiger partial charge in [0.25, 0.3) is 0 Å². The molecule has 0 saturated carbocycles. The van der Waals surface area contributed by atoms with E-state index >= 15 is 0 Å². The van der Waals surface area contributed by atoms with Crippen LogP contribution in [0.5, 0.6) is 5.75 Å². The molecule has 0 N–H and O–H groups in total. The van der Waals surface area contributed by atoms with E-state index in [9.17, 15) is 9.18 Å². The van der Waals surface area contributed by atoms with Crippen LogP contribution in [0.25, 0.3) is 0 Å². The second kappa shape index (κ2) is 6.18. The molecule has 2 nitrogen and oxygen atoms in total. The van der Waals surface area contributed by atoms with Gasteiger partial charge in [0.05, 0.1) is 17.9 Å². The van der Waals surface area contributed by atoms with Crippen molar-refractivity contribution in [1.82, 2.24) is 0 Å². The summed E-state index contributed by atoms with van der Waals surface area (Å²) in [6.45, 7) is 4.30. The number of Topliss-reactive ketones (excluding diaryl/α,β-unsaturated/α-hetero) is 1. The molecule has 19 heavy (non-hydrogen) atoms. The molecule has 1 aromatic carbocycles. The van der Waals surface area contributed by atoms with Gasteiger partial charge in [0.2, 0.25) is 0 Å². The van der Waals surface area contributed by atoms with Crippen molar-refractivity contribution < 1.29 is 13.9 Å². The molecule has 1 aromatic rings. The number of halogens is 1. The normalized spacial score (nSPS) is 27.1. The molecule has 1 aliphatic heterocycles.